The van der Waals surface area contributed by atoms with Crippen LogP contribution in [0.2, 0.25) is 0 Å². The highest BCUT2D eigenvalue weighted by Gasteiger charge is 2.36. The zero-order valence-corrected chi connectivity index (χ0v) is 13.9. The van der Waals surface area contributed by atoms with Gasteiger partial charge < -0.3 is 15.0 Å². The molecule has 0 unspecified atom stereocenters. The minimum atomic E-state index is -0.489. The van der Waals surface area contributed by atoms with Crippen LogP contribution >= 0.6 is 0 Å². The first-order valence-corrected chi connectivity index (χ1v) is 7.19. The smallest absolute Gasteiger partial charge is 0.337 e. The van der Waals surface area contributed by atoms with Crippen molar-refractivity contribution in [2.45, 2.75) is 33.7 Å². The molecule has 5 heteroatoms. The van der Waals surface area contributed by atoms with E-state index in [4.69, 9.17) is 4.74 Å². The first kappa shape index (κ1) is 16.1. The van der Waals surface area contributed by atoms with E-state index in [1.807, 2.05) is 20.8 Å². The van der Waals surface area contributed by atoms with Crippen LogP contribution < -0.4 is 5.32 Å². The SMILES string of the molecule is COC(=O)C1=C(C)N(C)C(=O)N[C@@H]1c1c(C)cc(C)cc1C. The van der Waals surface area contributed by atoms with E-state index >= 15 is 0 Å². The Kier molecular flexibility index (Phi) is 4.26. The lowest BCUT2D eigenvalue weighted by Gasteiger charge is -2.34. The molecule has 0 aromatic heterocycles. The van der Waals surface area contributed by atoms with Gasteiger partial charge in [-0.15, -0.1) is 0 Å². The summed E-state index contributed by atoms with van der Waals surface area (Å²) in [5.41, 5.74) is 5.27. The maximum atomic E-state index is 12.2. The van der Waals surface area contributed by atoms with Crippen molar-refractivity contribution in [3.8, 4) is 0 Å². The Morgan fingerprint density at radius 1 is 1.18 bits per heavy atom. The maximum absolute atomic E-state index is 12.2. The van der Waals surface area contributed by atoms with Crippen molar-refractivity contribution >= 4 is 12.0 Å². The number of nitrogens with zero attached hydrogens (tertiary/aromatic N) is 1. The summed E-state index contributed by atoms with van der Waals surface area (Å²) in [6.45, 7) is 7.77. The molecule has 5 nitrogen and oxygen atoms in total. The van der Waals surface area contributed by atoms with E-state index in [0.717, 1.165) is 22.3 Å². The van der Waals surface area contributed by atoms with Crippen LogP contribution in [0.3, 0.4) is 0 Å². The fourth-order valence-electron chi connectivity index (χ4n) is 3.07. The first-order chi connectivity index (χ1) is 10.3. The van der Waals surface area contributed by atoms with Crippen molar-refractivity contribution in [3.63, 3.8) is 0 Å². The number of ether oxygens (including phenoxy) is 1. The molecular formula is C17H22N2O3. The third kappa shape index (κ3) is 2.58. The number of urea groups is 1. The summed E-state index contributed by atoms with van der Waals surface area (Å²) in [6, 6.07) is 3.39. The molecule has 1 aromatic carbocycles. The molecule has 0 bridgehead atoms. The zero-order valence-electron chi connectivity index (χ0n) is 13.9. The van der Waals surface area contributed by atoms with E-state index in [2.05, 4.69) is 17.4 Å². The van der Waals surface area contributed by atoms with Crippen molar-refractivity contribution in [1.82, 2.24) is 10.2 Å². The molecule has 1 aliphatic heterocycles. The van der Waals surface area contributed by atoms with E-state index in [1.54, 1.807) is 14.0 Å². The molecule has 1 aromatic rings. The molecule has 0 saturated carbocycles. The van der Waals surface area contributed by atoms with Crippen LogP contribution in [-0.4, -0.2) is 31.1 Å². The van der Waals surface area contributed by atoms with Crippen molar-refractivity contribution in [1.29, 1.82) is 0 Å². The monoisotopic (exact) mass is 302 g/mol. The summed E-state index contributed by atoms with van der Waals surface area (Å²) >= 11 is 0. The normalized spacial score (nSPS) is 18.4. The summed E-state index contributed by atoms with van der Waals surface area (Å²) in [7, 11) is 2.99. The number of nitrogens with one attached hydrogen (secondary N) is 1. The average Bonchev–Trinajstić information content (AvgIpc) is 2.43. The number of hydrogen-bond acceptors (Lipinski definition) is 3. The van der Waals surface area contributed by atoms with Crippen molar-refractivity contribution in [2.75, 3.05) is 14.2 Å². The minimum Gasteiger partial charge on any atom is -0.466 e. The Morgan fingerprint density at radius 3 is 2.23 bits per heavy atom. The lowest BCUT2D eigenvalue weighted by Crippen LogP contribution is -2.46. The van der Waals surface area contributed by atoms with Crippen molar-refractivity contribution in [2.24, 2.45) is 0 Å². The van der Waals surface area contributed by atoms with Crippen LogP contribution in [0.1, 0.15) is 35.2 Å². The zero-order chi connectivity index (χ0) is 16.6. The third-order valence-corrected chi connectivity index (χ3v) is 4.19. The molecule has 118 valence electrons. The largest absolute Gasteiger partial charge is 0.466 e. The molecule has 2 amide bonds. The Hall–Kier alpha value is -2.30. The molecule has 0 fully saturated rings. The number of carbonyl (C=O) groups excluding carboxylic acids is 2. The van der Waals surface area contributed by atoms with Gasteiger partial charge in [0.05, 0.1) is 18.7 Å². The molecular weight excluding hydrogens is 280 g/mol. The number of amides is 2. The molecule has 0 spiro atoms. The minimum absolute atomic E-state index is 0.227. The average molecular weight is 302 g/mol. The number of carbonyl (C=O) groups is 2. The lowest BCUT2D eigenvalue weighted by atomic mass is 9.88. The van der Waals surface area contributed by atoms with Gasteiger partial charge >= 0.3 is 12.0 Å². The van der Waals surface area contributed by atoms with Gasteiger partial charge in [0.2, 0.25) is 0 Å². The second-order valence-corrected chi connectivity index (χ2v) is 5.74. The van der Waals surface area contributed by atoms with Gasteiger partial charge in [0.25, 0.3) is 0 Å². The highest BCUT2D eigenvalue weighted by atomic mass is 16.5. The number of hydrogen-bond donors (Lipinski definition) is 1. The predicted molar refractivity (Wildman–Crippen MR) is 84.4 cm³/mol. The maximum Gasteiger partial charge on any atom is 0.337 e. The van der Waals surface area contributed by atoms with E-state index in [9.17, 15) is 9.59 Å². The third-order valence-electron chi connectivity index (χ3n) is 4.19. The van der Waals surface area contributed by atoms with Crippen LogP contribution in [0.4, 0.5) is 4.79 Å². The predicted octanol–water partition coefficient (Wildman–Crippen LogP) is 2.75. The number of rotatable bonds is 2. The Bertz CT molecular complexity index is 653. The fraction of sp³-hybridized carbons (Fsp3) is 0.412. The van der Waals surface area contributed by atoms with E-state index in [-0.39, 0.29) is 6.03 Å². The van der Waals surface area contributed by atoms with Crippen LogP contribution in [0.25, 0.3) is 0 Å². The van der Waals surface area contributed by atoms with E-state index < -0.39 is 12.0 Å². The molecule has 0 aliphatic carbocycles. The number of allylic oxidation sites excluding steroid dienone is 1. The number of aryl methyl sites for hydroxylation is 3. The van der Waals surface area contributed by atoms with E-state index in [0.29, 0.717) is 11.3 Å². The van der Waals surface area contributed by atoms with Crippen LogP contribution in [0.15, 0.2) is 23.4 Å². The van der Waals surface area contributed by atoms with Gasteiger partial charge in [-0.1, -0.05) is 17.7 Å². The molecule has 1 N–H and O–H groups in total. The van der Waals surface area contributed by atoms with E-state index in [1.165, 1.54) is 12.0 Å². The van der Waals surface area contributed by atoms with Crippen molar-refractivity contribution in [3.05, 3.63) is 45.7 Å². The van der Waals surface area contributed by atoms with Gasteiger partial charge in [-0.25, -0.2) is 9.59 Å². The van der Waals surface area contributed by atoms with Crippen LogP contribution in [-0.2, 0) is 9.53 Å². The molecule has 0 radical (unpaired) electrons. The number of esters is 1. The number of methoxy groups -OCH3 is 1. The van der Waals surface area contributed by atoms with Crippen molar-refractivity contribution < 1.29 is 14.3 Å². The summed E-state index contributed by atoms with van der Waals surface area (Å²) in [5.74, 6) is -0.422. The summed E-state index contributed by atoms with van der Waals surface area (Å²) in [4.78, 5) is 25.8. The Balaban J connectivity index is 2.67. The molecule has 1 atom stereocenters. The highest BCUT2D eigenvalue weighted by Crippen LogP contribution is 2.34. The van der Waals surface area contributed by atoms with Gasteiger partial charge in [0.15, 0.2) is 0 Å². The Labute approximate surface area is 130 Å². The van der Waals surface area contributed by atoms with Gasteiger partial charge in [-0.2, -0.15) is 0 Å². The number of benzene rings is 1. The molecule has 22 heavy (non-hydrogen) atoms. The van der Waals surface area contributed by atoms with Gasteiger partial charge in [0.1, 0.15) is 0 Å². The molecule has 1 heterocycles. The lowest BCUT2D eigenvalue weighted by molar-refractivity contribution is -0.136. The summed E-state index contributed by atoms with van der Waals surface area (Å²) in [5, 5.41) is 2.91. The topological polar surface area (TPSA) is 58.6 Å². The molecule has 1 aliphatic rings. The fourth-order valence-corrected chi connectivity index (χ4v) is 3.07. The highest BCUT2D eigenvalue weighted by molar-refractivity contribution is 5.95. The van der Waals surface area contributed by atoms with Gasteiger partial charge in [0, 0.05) is 12.7 Å². The van der Waals surface area contributed by atoms with Gasteiger partial charge in [-0.3, -0.25) is 0 Å². The Morgan fingerprint density at radius 2 is 1.73 bits per heavy atom. The summed E-state index contributed by atoms with van der Waals surface area (Å²) < 4.78 is 4.92. The van der Waals surface area contributed by atoms with Crippen LogP contribution in [0, 0.1) is 20.8 Å². The van der Waals surface area contributed by atoms with Crippen LogP contribution in [0.5, 0.6) is 0 Å². The molecule has 2 rings (SSSR count). The second-order valence-electron chi connectivity index (χ2n) is 5.74. The first-order valence-electron chi connectivity index (χ1n) is 7.19. The summed E-state index contributed by atoms with van der Waals surface area (Å²) in [6.07, 6.45) is 0. The quantitative estimate of drug-likeness (QED) is 0.855. The second kappa shape index (κ2) is 5.83. The standard InChI is InChI=1S/C17H22N2O3/c1-9-7-10(2)13(11(3)8-9)15-14(16(20)22-6)12(4)19(5)17(21)18-15/h7-8,15H,1-6H3,(H,18,21)/t15-/m1/s1. The van der Waals surface area contributed by atoms with Gasteiger partial charge in [-0.05, 0) is 44.4 Å². The molecule has 0 saturated heterocycles.